The number of nitriles is 1. The third-order valence-electron chi connectivity index (χ3n) is 5.22. The average molecular weight is 396 g/mol. The second-order valence-electron chi connectivity index (χ2n) is 7.23. The van der Waals surface area contributed by atoms with Gasteiger partial charge in [0, 0.05) is 22.6 Å². The zero-order chi connectivity index (χ0) is 21.1. The first-order valence-corrected chi connectivity index (χ1v) is 10.0. The number of benzene rings is 2. The number of hydrogen-bond donors (Lipinski definition) is 0. The number of rotatable bonds is 6. The van der Waals surface area contributed by atoms with E-state index in [0.29, 0.717) is 18.7 Å². The van der Waals surface area contributed by atoms with Crippen LogP contribution in [0.15, 0.2) is 66.5 Å². The smallest absolute Gasteiger partial charge is 0.119 e. The summed E-state index contributed by atoms with van der Waals surface area (Å²) in [5, 5.41) is 9.75. The van der Waals surface area contributed by atoms with Gasteiger partial charge in [-0.2, -0.15) is 5.26 Å². The first-order chi connectivity index (χ1) is 14.6. The van der Waals surface area contributed by atoms with Crippen molar-refractivity contribution in [1.29, 1.82) is 5.26 Å². The molecule has 0 atom stereocenters. The maximum Gasteiger partial charge on any atom is 0.119 e. The first kappa shape index (κ1) is 19.5. The molecule has 0 saturated carbocycles. The molecule has 0 saturated heterocycles. The zero-order valence-electron chi connectivity index (χ0n) is 17.5. The molecule has 0 fully saturated rings. The molecule has 0 radical (unpaired) electrons. The molecule has 0 aliphatic heterocycles. The van der Waals surface area contributed by atoms with Crippen molar-refractivity contribution in [1.82, 2.24) is 14.1 Å². The normalized spacial score (nSPS) is 11.6. The minimum atomic E-state index is 0.490. The van der Waals surface area contributed by atoms with Crippen molar-refractivity contribution in [2.45, 2.75) is 27.3 Å². The Labute approximate surface area is 176 Å². The Hall–Kier alpha value is -3.78. The lowest BCUT2D eigenvalue weighted by Gasteiger charge is -2.11. The lowest BCUT2D eigenvalue weighted by atomic mass is 10.1. The van der Waals surface area contributed by atoms with Gasteiger partial charge in [-0.15, -0.1) is 0 Å². The maximum atomic E-state index is 9.75. The van der Waals surface area contributed by atoms with E-state index < -0.39 is 0 Å². The standard InChI is InChI=1S/C25H24N4O/c1-4-30-23-11-9-22(10-12-23)29-18(2)13-21(19(29)3)14-20(15-26)16-28-17-27-24-7-5-6-8-25(24)28/h5-14,17H,4,16H2,1-3H3/b20-14-. The van der Waals surface area contributed by atoms with Crippen LogP contribution in [-0.2, 0) is 6.54 Å². The molecule has 4 rings (SSSR count). The number of hydrogen-bond acceptors (Lipinski definition) is 3. The lowest BCUT2D eigenvalue weighted by molar-refractivity contribution is 0.340. The van der Waals surface area contributed by atoms with Crippen LogP contribution < -0.4 is 4.74 Å². The highest BCUT2D eigenvalue weighted by Crippen LogP contribution is 2.25. The molecule has 2 aromatic carbocycles. The molecule has 4 aromatic rings. The third-order valence-corrected chi connectivity index (χ3v) is 5.22. The van der Waals surface area contributed by atoms with Crippen molar-refractivity contribution in [2.24, 2.45) is 0 Å². The Morgan fingerprint density at radius 1 is 1.13 bits per heavy atom. The SMILES string of the molecule is CCOc1ccc(-n2c(C)cc(/C=C(/C#N)Cn3cnc4ccccc43)c2C)cc1. The summed E-state index contributed by atoms with van der Waals surface area (Å²) < 4.78 is 9.76. The van der Waals surface area contributed by atoms with E-state index in [-0.39, 0.29) is 0 Å². The first-order valence-electron chi connectivity index (χ1n) is 10.0. The highest BCUT2D eigenvalue weighted by molar-refractivity contribution is 5.75. The summed E-state index contributed by atoms with van der Waals surface area (Å²) in [5.74, 6) is 0.864. The van der Waals surface area contributed by atoms with Gasteiger partial charge in [0.1, 0.15) is 5.75 Å². The molecule has 150 valence electrons. The number of aryl methyl sites for hydroxylation is 1. The summed E-state index contributed by atoms with van der Waals surface area (Å²) in [4.78, 5) is 4.42. The van der Waals surface area contributed by atoms with Crippen LogP contribution in [0, 0.1) is 25.2 Å². The van der Waals surface area contributed by atoms with Crippen molar-refractivity contribution >= 4 is 17.1 Å². The number of imidazole rings is 1. The van der Waals surface area contributed by atoms with Crippen LogP contribution in [0.1, 0.15) is 23.9 Å². The van der Waals surface area contributed by atoms with Crippen molar-refractivity contribution in [3.05, 3.63) is 83.4 Å². The largest absolute Gasteiger partial charge is 0.494 e. The molecular weight excluding hydrogens is 372 g/mol. The van der Waals surface area contributed by atoms with Crippen molar-refractivity contribution < 1.29 is 4.74 Å². The highest BCUT2D eigenvalue weighted by atomic mass is 16.5. The Morgan fingerprint density at radius 3 is 2.63 bits per heavy atom. The molecular formula is C25H24N4O. The molecule has 2 heterocycles. The van der Waals surface area contributed by atoms with Crippen LogP contribution in [0.5, 0.6) is 5.75 Å². The van der Waals surface area contributed by atoms with Gasteiger partial charge in [-0.05, 0) is 74.9 Å². The van der Waals surface area contributed by atoms with Crippen LogP contribution in [0.3, 0.4) is 0 Å². The van der Waals surface area contributed by atoms with E-state index in [0.717, 1.165) is 39.4 Å². The molecule has 0 aliphatic rings. The molecule has 2 aromatic heterocycles. The van der Waals surface area contributed by atoms with Gasteiger partial charge in [0.05, 0.1) is 36.6 Å². The van der Waals surface area contributed by atoms with E-state index in [2.05, 4.69) is 47.7 Å². The molecule has 0 N–H and O–H groups in total. The number of fused-ring (bicyclic) bond motifs is 1. The van der Waals surface area contributed by atoms with Gasteiger partial charge in [-0.3, -0.25) is 0 Å². The lowest BCUT2D eigenvalue weighted by Crippen LogP contribution is -2.00. The van der Waals surface area contributed by atoms with Crippen LogP contribution >= 0.6 is 0 Å². The molecule has 0 spiro atoms. The Kier molecular flexibility index (Phi) is 5.40. The van der Waals surface area contributed by atoms with Gasteiger partial charge in [-0.1, -0.05) is 12.1 Å². The van der Waals surface area contributed by atoms with Gasteiger partial charge < -0.3 is 13.9 Å². The quantitative estimate of drug-likeness (QED) is 0.407. The molecule has 5 heteroatoms. The van der Waals surface area contributed by atoms with Crippen molar-refractivity contribution in [3.63, 3.8) is 0 Å². The second kappa shape index (κ2) is 8.30. The summed E-state index contributed by atoms with van der Waals surface area (Å²) >= 11 is 0. The monoisotopic (exact) mass is 396 g/mol. The minimum absolute atomic E-state index is 0.490. The van der Waals surface area contributed by atoms with Crippen molar-refractivity contribution in [3.8, 4) is 17.5 Å². The Bertz CT molecular complexity index is 1250. The van der Waals surface area contributed by atoms with Crippen LogP contribution in [-0.4, -0.2) is 20.7 Å². The third kappa shape index (κ3) is 3.72. The highest BCUT2D eigenvalue weighted by Gasteiger charge is 2.11. The van der Waals surface area contributed by atoms with Crippen LogP contribution in [0.25, 0.3) is 22.8 Å². The predicted octanol–water partition coefficient (Wildman–Crippen LogP) is 5.45. The van der Waals surface area contributed by atoms with E-state index in [1.165, 1.54) is 0 Å². The predicted molar refractivity (Wildman–Crippen MR) is 120 cm³/mol. The number of aromatic nitrogens is 3. The van der Waals surface area contributed by atoms with E-state index in [1.54, 1.807) is 6.33 Å². The molecule has 30 heavy (non-hydrogen) atoms. The summed E-state index contributed by atoms with van der Waals surface area (Å²) in [7, 11) is 0. The fraction of sp³-hybridized carbons (Fsp3) is 0.200. The average Bonchev–Trinajstić information content (AvgIpc) is 3.29. The van der Waals surface area contributed by atoms with Gasteiger partial charge in [0.25, 0.3) is 0 Å². The molecule has 0 unspecified atom stereocenters. The number of allylic oxidation sites excluding steroid dienone is 1. The fourth-order valence-electron chi connectivity index (χ4n) is 3.81. The fourth-order valence-corrected chi connectivity index (χ4v) is 3.81. The molecule has 0 amide bonds. The van der Waals surface area contributed by atoms with Gasteiger partial charge in [0.15, 0.2) is 0 Å². The van der Waals surface area contributed by atoms with Crippen LogP contribution in [0.2, 0.25) is 0 Å². The van der Waals surface area contributed by atoms with E-state index >= 15 is 0 Å². The summed E-state index contributed by atoms with van der Waals surface area (Å²) in [6, 6.07) is 20.5. The maximum absolute atomic E-state index is 9.75. The Morgan fingerprint density at radius 2 is 1.90 bits per heavy atom. The number of nitrogens with zero attached hydrogens (tertiary/aromatic N) is 4. The number of para-hydroxylation sites is 2. The topological polar surface area (TPSA) is 55.8 Å². The summed E-state index contributed by atoms with van der Waals surface area (Å²) in [6.45, 7) is 7.28. The molecule has 0 aliphatic carbocycles. The number of ether oxygens (including phenoxy) is 1. The van der Waals surface area contributed by atoms with Gasteiger partial charge in [-0.25, -0.2) is 4.98 Å². The van der Waals surface area contributed by atoms with E-state index in [9.17, 15) is 5.26 Å². The van der Waals surface area contributed by atoms with E-state index in [4.69, 9.17) is 4.74 Å². The van der Waals surface area contributed by atoms with Crippen molar-refractivity contribution in [2.75, 3.05) is 6.61 Å². The molecule has 0 bridgehead atoms. The van der Waals surface area contributed by atoms with Crippen LogP contribution in [0.4, 0.5) is 0 Å². The van der Waals surface area contributed by atoms with Gasteiger partial charge >= 0.3 is 0 Å². The Balaban J connectivity index is 1.65. The minimum Gasteiger partial charge on any atom is -0.494 e. The van der Waals surface area contributed by atoms with Gasteiger partial charge in [0.2, 0.25) is 0 Å². The second-order valence-corrected chi connectivity index (χ2v) is 7.23. The zero-order valence-corrected chi connectivity index (χ0v) is 17.5. The molecule has 5 nitrogen and oxygen atoms in total. The summed E-state index contributed by atoms with van der Waals surface area (Å²) in [6.07, 6.45) is 3.77. The summed E-state index contributed by atoms with van der Waals surface area (Å²) in [5.41, 5.74) is 6.98. The van der Waals surface area contributed by atoms with E-state index in [1.807, 2.05) is 54.0 Å².